The number of rotatable bonds is 4. The van der Waals surface area contributed by atoms with E-state index in [1.807, 2.05) is 0 Å². The van der Waals surface area contributed by atoms with Crippen molar-refractivity contribution in [3.8, 4) is 0 Å². The lowest BCUT2D eigenvalue weighted by Gasteiger charge is -2.29. The highest BCUT2D eigenvalue weighted by Crippen LogP contribution is 2.20. The fourth-order valence-corrected chi connectivity index (χ4v) is 4.17. The molecule has 1 saturated carbocycles. The zero-order chi connectivity index (χ0) is 15.7. The van der Waals surface area contributed by atoms with Crippen LogP contribution in [-0.2, 0) is 20.1 Å². The van der Waals surface area contributed by atoms with Gasteiger partial charge in [0, 0.05) is 12.1 Å². The van der Waals surface area contributed by atoms with E-state index < -0.39 is 20.1 Å². The second kappa shape index (κ2) is 6.01. The van der Waals surface area contributed by atoms with Crippen LogP contribution in [0.2, 0.25) is 0 Å². The molecule has 1 aromatic carbocycles. The molecule has 1 aromatic rings. The van der Waals surface area contributed by atoms with Crippen LogP contribution in [0.4, 0.5) is 0 Å². The van der Waals surface area contributed by atoms with E-state index in [1.165, 1.54) is 0 Å². The second-order valence-corrected chi connectivity index (χ2v) is 8.26. The summed E-state index contributed by atoms with van der Waals surface area (Å²) >= 11 is 0. The summed E-state index contributed by atoms with van der Waals surface area (Å²) in [4.78, 5) is -0.413. The molecule has 0 radical (unpaired) electrons. The SMILES string of the molecule is NC1CCCC[C@H]1NS(=O)(=O)c1ccc(S(=O)(=O)O)cc1. The summed E-state index contributed by atoms with van der Waals surface area (Å²) in [5, 5.41) is 0. The Hall–Kier alpha value is -1.00. The highest BCUT2D eigenvalue weighted by Gasteiger charge is 2.27. The minimum atomic E-state index is -4.34. The Kier molecular flexibility index (Phi) is 4.69. The van der Waals surface area contributed by atoms with Gasteiger partial charge in [0.2, 0.25) is 10.0 Å². The smallest absolute Gasteiger partial charge is 0.294 e. The van der Waals surface area contributed by atoms with Crippen LogP contribution < -0.4 is 10.5 Å². The molecule has 0 amide bonds. The normalized spacial score (nSPS) is 23.9. The van der Waals surface area contributed by atoms with E-state index in [2.05, 4.69) is 4.72 Å². The van der Waals surface area contributed by atoms with Gasteiger partial charge in [-0.3, -0.25) is 4.55 Å². The quantitative estimate of drug-likeness (QED) is 0.688. The zero-order valence-corrected chi connectivity index (χ0v) is 12.9. The first-order valence-corrected chi connectivity index (χ1v) is 9.48. The van der Waals surface area contributed by atoms with E-state index in [0.29, 0.717) is 6.42 Å². The zero-order valence-electron chi connectivity index (χ0n) is 11.3. The minimum Gasteiger partial charge on any atom is -0.326 e. The van der Waals surface area contributed by atoms with Crippen LogP contribution in [0.3, 0.4) is 0 Å². The third-order valence-electron chi connectivity index (χ3n) is 3.56. The number of hydrogen-bond donors (Lipinski definition) is 3. The summed E-state index contributed by atoms with van der Waals surface area (Å²) in [6, 6.07) is 3.84. The first-order chi connectivity index (χ1) is 9.70. The van der Waals surface area contributed by atoms with E-state index in [0.717, 1.165) is 43.5 Å². The number of nitrogens with one attached hydrogen (secondary N) is 1. The Morgan fingerprint density at radius 2 is 1.52 bits per heavy atom. The highest BCUT2D eigenvalue weighted by molar-refractivity contribution is 7.89. The van der Waals surface area contributed by atoms with Gasteiger partial charge in [0.05, 0.1) is 9.79 Å². The van der Waals surface area contributed by atoms with Gasteiger partial charge in [0.15, 0.2) is 0 Å². The molecule has 0 spiro atoms. The summed E-state index contributed by atoms with van der Waals surface area (Å²) in [5.41, 5.74) is 5.91. The molecule has 1 fully saturated rings. The molecular formula is C12H18N2O5S2. The van der Waals surface area contributed by atoms with Crippen molar-refractivity contribution < 1.29 is 21.4 Å². The fourth-order valence-electron chi connectivity index (χ4n) is 2.36. The Labute approximate surface area is 124 Å². The molecule has 7 nitrogen and oxygen atoms in total. The van der Waals surface area contributed by atoms with Crippen LogP contribution in [0.25, 0.3) is 0 Å². The standard InChI is InChI=1S/C12H18N2O5S2/c13-11-3-1-2-4-12(11)14-20(15,16)9-5-7-10(8-6-9)21(17,18)19/h5-8,11-12,14H,1-4,13H2,(H,17,18,19)/t11?,12-/m1/s1. The van der Waals surface area contributed by atoms with E-state index in [-0.39, 0.29) is 21.9 Å². The van der Waals surface area contributed by atoms with Gasteiger partial charge in [0.25, 0.3) is 10.1 Å². The predicted octanol–water partition coefficient (Wildman–Crippen LogP) is 0.482. The van der Waals surface area contributed by atoms with Crippen molar-refractivity contribution in [1.82, 2.24) is 4.72 Å². The molecule has 2 rings (SSSR count). The van der Waals surface area contributed by atoms with Crippen molar-refractivity contribution in [2.24, 2.45) is 5.73 Å². The van der Waals surface area contributed by atoms with Gasteiger partial charge in [-0.15, -0.1) is 0 Å². The summed E-state index contributed by atoms with van der Waals surface area (Å²) in [7, 11) is -8.10. The number of sulfonamides is 1. The highest BCUT2D eigenvalue weighted by atomic mass is 32.2. The first-order valence-electron chi connectivity index (χ1n) is 6.55. The average Bonchev–Trinajstić information content (AvgIpc) is 2.40. The minimum absolute atomic E-state index is 0.0623. The van der Waals surface area contributed by atoms with E-state index >= 15 is 0 Å². The third-order valence-corrected chi connectivity index (χ3v) is 5.93. The molecule has 118 valence electrons. The molecule has 1 aliphatic carbocycles. The molecule has 0 aliphatic heterocycles. The largest absolute Gasteiger partial charge is 0.326 e. The first kappa shape index (κ1) is 16.4. The molecule has 0 saturated heterocycles. The molecule has 9 heteroatoms. The van der Waals surface area contributed by atoms with Crippen LogP contribution in [-0.4, -0.2) is 33.5 Å². The Morgan fingerprint density at radius 3 is 2.05 bits per heavy atom. The number of benzene rings is 1. The van der Waals surface area contributed by atoms with Gasteiger partial charge in [-0.1, -0.05) is 12.8 Å². The summed E-state index contributed by atoms with van der Waals surface area (Å²) in [5.74, 6) is 0. The molecule has 21 heavy (non-hydrogen) atoms. The van der Waals surface area contributed by atoms with E-state index in [4.69, 9.17) is 10.3 Å². The monoisotopic (exact) mass is 334 g/mol. The van der Waals surface area contributed by atoms with Crippen LogP contribution in [0.15, 0.2) is 34.1 Å². The average molecular weight is 334 g/mol. The Morgan fingerprint density at radius 1 is 1.00 bits per heavy atom. The number of nitrogens with two attached hydrogens (primary N) is 1. The van der Waals surface area contributed by atoms with Crippen LogP contribution in [0, 0.1) is 0 Å². The molecule has 1 aliphatic rings. The van der Waals surface area contributed by atoms with Crippen molar-refractivity contribution >= 4 is 20.1 Å². The summed E-state index contributed by atoms with van der Waals surface area (Å²) < 4.78 is 57.7. The molecule has 1 unspecified atom stereocenters. The number of hydrogen-bond acceptors (Lipinski definition) is 5. The maximum absolute atomic E-state index is 12.2. The van der Waals surface area contributed by atoms with Crippen molar-refractivity contribution in [3.63, 3.8) is 0 Å². The molecule has 4 N–H and O–H groups in total. The van der Waals surface area contributed by atoms with Gasteiger partial charge in [-0.25, -0.2) is 13.1 Å². The van der Waals surface area contributed by atoms with Crippen molar-refractivity contribution in [2.45, 2.75) is 47.6 Å². The van der Waals surface area contributed by atoms with Crippen LogP contribution >= 0.6 is 0 Å². The van der Waals surface area contributed by atoms with Gasteiger partial charge in [-0.05, 0) is 37.1 Å². The van der Waals surface area contributed by atoms with Gasteiger partial charge in [-0.2, -0.15) is 8.42 Å². The van der Waals surface area contributed by atoms with Crippen molar-refractivity contribution in [2.75, 3.05) is 0 Å². The maximum atomic E-state index is 12.2. The Bertz CT molecular complexity index is 698. The molecular weight excluding hydrogens is 316 g/mol. The molecule has 0 aromatic heterocycles. The van der Waals surface area contributed by atoms with E-state index in [1.54, 1.807) is 0 Å². The van der Waals surface area contributed by atoms with Gasteiger partial charge < -0.3 is 5.73 Å². The van der Waals surface area contributed by atoms with Crippen LogP contribution in [0.5, 0.6) is 0 Å². The summed E-state index contributed by atoms with van der Waals surface area (Å²) in [6.45, 7) is 0. The molecule has 0 bridgehead atoms. The van der Waals surface area contributed by atoms with Gasteiger partial charge in [0.1, 0.15) is 0 Å². The topological polar surface area (TPSA) is 127 Å². The van der Waals surface area contributed by atoms with Gasteiger partial charge >= 0.3 is 0 Å². The maximum Gasteiger partial charge on any atom is 0.294 e. The fraction of sp³-hybridized carbons (Fsp3) is 0.500. The second-order valence-electron chi connectivity index (χ2n) is 5.12. The lowest BCUT2D eigenvalue weighted by atomic mass is 9.92. The molecule has 0 heterocycles. The predicted molar refractivity (Wildman–Crippen MR) is 76.8 cm³/mol. The van der Waals surface area contributed by atoms with E-state index in [9.17, 15) is 16.8 Å². The third kappa shape index (κ3) is 4.01. The lowest BCUT2D eigenvalue weighted by Crippen LogP contribution is -2.49. The lowest BCUT2D eigenvalue weighted by molar-refractivity contribution is 0.361. The van der Waals surface area contributed by atoms with Crippen molar-refractivity contribution in [3.05, 3.63) is 24.3 Å². The van der Waals surface area contributed by atoms with Crippen LogP contribution in [0.1, 0.15) is 25.7 Å². The summed E-state index contributed by atoms with van der Waals surface area (Å²) in [6.07, 6.45) is 3.36. The molecule has 2 atom stereocenters. The van der Waals surface area contributed by atoms with Crippen molar-refractivity contribution in [1.29, 1.82) is 0 Å². The Balaban J connectivity index is 2.19.